The van der Waals surface area contributed by atoms with Gasteiger partial charge in [0.1, 0.15) is 6.29 Å². The van der Waals surface area contributed by atoms with E-state index < -0.39 is 0 Å². The Bertz CT molecular complexity index is 218. The van der Waals surface area contributed by atoms with Crippen molar-refractivity contribution in [2.45, 2.75) is 90.9 Å². The van der Waals surface area contributed by atoms with Crippen molar-refractivity contribution in [2.75, 3.05) is 20.1 Å². The first-order valence-corrected chi connectivity index (χ1v) is 9.36. The number of aldehydes is 1. The highest BCUT2D eigenvalue weighted by atomic mass is 16.1. The monoisotopic (exact) mass is 297 g/mol. The van der Waals surface area contributed by atoms with Gasteiger partial charge in [0.05, 0.1) is 6.54 Å². The number of carbonyl (C=O) groups is 1. The molecule has 2 nitrogen and oxygen atoms in total. The van der Waals surface area contributed by atoms with Crippen molar-refractivity contribution >= 4 is 6.29 Å². The summed E-state index contributed by atoms with van der Waals surface area (Å²) in [6.07, 6.45) is 17.4. The minimum atomic E-state index is 0.585. The van der Waals surface area contributed by atoms with Crippen LogP contribution in [0.2, 0.25) is 0 Å². The summed E-state index contributed by atoms with van der Waals surface area (Å²) in [4.78, 5) is 12.8. The van der Waals surface area contributed by atoms with E-state index in [-0.39, 0.29) is 0 Å². The zero-order valence-electron chi connectivity index (χ0n) is 14.9. The van der Waals surface area contributed by atoms with Gasteiger partial charge in [0.15, 0.2) is 0 Å². The number of rotatable bonds is 16. The van der Waals surface area contributed by atoms with Crippen LogP contribution in [0.3, 0.4) is 0 Å². The lowest BCUT2D eigenvalue weighted by atomic mass is 9.94. The fraction of sp³-hybridized carbons (Fsp3) is 0.947. The van der Waals surface area contributed by atoms with Gasteiger partial charge in [-0.05, 0) is 25.8 Å². The Labute approximate surface area is 133 Å². The second-order valence-electron chi connectivity index (χ2n) is 6.66. The normalized spacial score (nSPS) is 12.8. The van der Waals surface area contributed by atoms with Gasteiger partial charge in [-0.1, -0.05) is 78.1 Å². The first-order chi connectivity index (χ1) is 10.2. The Balaban J connectivity index is 3.85. The Morgan fingerprint density at radius 3 is 1.81 bits per heavy atom. The summed E-state index contributed by atoms with van der Waals surface area (Å²) in [5, 5.41) is 0. The van der Waals surface area contributed by atoms with Gasteiger partial charge in [0.2, 0.25) is 0 Å². The van der Waals surface area contributed by atoms with Gasteiger partial charge in [0.25, 0.3) is 0 Å². The molecule has 126 valence electrons. The molecule has 0 aliphatic carbocycles. The Morgan fingerprint density at radius 1 is 0.810 bits per heavy atom. The molecule has 1 unspecified atom stereocenters. The van der Waals surface area contributed by atoms with E-state index in [1.54, 1.807) is 0 Å². The SMILES string of the molecule is CCCCCCCCC(CCCCCC)CN(C)CC=O. The number of hydrogen-bond donors (Lipinski definition) is 0. The van der Waals surface area contributed by atoms with Gasteiger partial charge in [-0.15, -0.1) is 0 Å². The van der Waals surface area contributed by atoms with E-state index in [1.807, 2.05) is 0 Å². The number of carbonyl (C=O) groups excluding carboxylic acids is 1. The van der Waals surface area contributed by atoms with Crippen molar-refractivity contribution < 1.29 is 4.79 Å². The molecule has 0 saturated carbocycles. The van der Waals surface area contributed by atoms with Crippen LogP contribution in [0.15, 0.2) is 0 Å². The highest BCUT2D eigenvalue weighted by Crippen LogP contribution is 2.19. The Kier molecular flexibility index (Phi) is 15.7. The Hall–Kier alpha value is -0.370. The molecular weight excluding hydrogens is 258 g/mol. The van der Waals surface area contributed by atoms with E-state index in [2.05, 4.69) is 25.8 Å². The molecule has 0 radical (unpaired) electrons. The molecule has 0 amide bonds. The van der Waals surface area contributed by atoms with E-state index in [9.17, 15) is 4.79 Å². The number of hydrogen-bond acceptors (Lipinski definition) is 2. The average Bonchev–Trinajstić information content (AvgIpc) is 2.47. The van der Waals surface area contributed by atoms with Crippen LogP contribution in [0.4, 0.5) is 0 Å². The second-order valence-corrected chi connectivity index (χ2v) is 6.66. The Morgan fingerprint density at radius 2 is 1.29 bits per heavy atom. The summed E-state index contributed by atoms with van der Waals surface area (Å²) in [6.45, 7) is 6.22. The topological polar surface area (TPSA) is 20.3 Å². The number of likely N-dealkylation sites (N-methyl/N-ethyl adjacent to an activating group) is 1. The first-order valence-electron chi connectivity index (χ1n) is 9.36. The first kappa shape index (κ1) is 20.6. The maximum absolute atomic E-state index is 10.6. The predicted molar refractivity (Wildman–Crippen MR) is 93.8 cm³/mol. The maximum Gasteiger partial charge on any atom is 0.133 e. The highest BCUT2D eigenvalue weighted by Gasteiger charge is 2.11. The smallest absolute Gasteiger partial charge is 0.133 e. The lowest BCUT2D eigenvalue weighted by Gasteiger charge is -2.22. The van der Waals surface area contributed by atoms with Crippen molar-refractivity contribution in [3.05, 3.63) is 0 Å². The summed E-state index contributed by atoms with van der Waals surface area (Å²) in [5.74, 6) is 0.790. The lowest BCUT2D eigenvalue weighted by Crippen LogP contribution is -2.27. The molecule has 0 aromatic carbocycles. The van der Waals surface area contributed by atoms with Crippen LogP contribution in [0, 0.1) is 5.92 Å². The number of unbranched alkanes of at least 4 members (excludes halogenated alkanes) is 8. The van der Waals surface area contributed by atoms with Crippen LogP contribution in [-0.2, 0) is 4.79 Å². The van der Waals surface area contributed by atoms with Gasteiger partial charge < -0.3 is 4.79 Å². The molecule has 0 N–H and O–H groups in total. The summed E-state index contributed by atoms with van der Waals surface area (Å²) in [5.41, 5.74) is 0. The van der Waals surface area contributed by atoms with Crippen LogP contribution in [0.5, 0.6) is 0 Å². The summed E-state index contributed by atoms with van der Waals surface area (Å²) in [6, 6.07) is 0. The second kappa shape index (κ2) is 16.0. The lowest BCUT2D eigenvalue weighted by molar-refractivity contribution is -0.108. The van der Waals surface area contributed by atoms with E-state index in [4.69, 9.17) is 0 Å². The van der Waals surface area contributed by atoms with Crippen LogP contribution < -0.4 is 0 Å². The molecule has 0 saturated heterocycles. The summed E-state index contributed by atoms with van der Waals surface area (Å²) in [7, 11) is 2.08. The molecule has 0 spiro atoms. The van der Waals surface area contributed by atoms with Gasteiger partial charge in [0, 0.05) is 6.54 Å². The fourth-order valence-electron chi connectivity index (χ4n) is 3.04. The van der Waals surface area contributed by atoms with Crippen LogP contribution in [0.25, 0.3) is 0 Å². The molecule has 0 heterocycles. The fourth-order valence-corrected chi connectivity index (χ4v) is 3.04. The molecule has 2 heteroatoms. The van der Waals surface area contributed by atoms with E-state index >= 15 is 0 Å². The van der Waals surface area contributed by atoms with Crippen LogP contribution >= 0.6 is 0 Å². The molecule has 21 heavy (non-hydrogen) atoms. The number of nitrogens with zero attached hydrogens (tertiary/aromatic N) is 1. The van der Waals surface area contributed by atoms with E-state index in [0.29, 0.717) is 6.54 Å². The largest absolute Gasteiger partial charge is 0.302 e. The minimum Gasteiger partial charge on any atom is -0.302 e. The maximum atomic E-state index is 10.6. The van der Waals surface area contributed by atoms with Crippen LogP contribution in [0.1, 0.15) is 90.9 Å². The average molecular weight is 298 g/mol. The molecule has 0 aromatic heterocycles. The highest BCUT2D eigenvalue weighted by molar-refractivity contribution is 5.51. The standard InChI is InChI=1S/C19H39NO/c1-4-6-8-10-11-13-15-19(14-12-9-7-5-2)18-20(3)16-17-21/h17,19H,4-16,18H2,1-3H3. The predicted octanol–water partition coefficient (Wildman–Crippen LogP) is 5.45. The van der Waals surface area contributed by atoms with Gasteiger partial charge in [-0.2, -0.15) is 0 Å². The quantitative estimate of drug-likeness (QED) is 0.279. The zero-order valence-corrected chi connectivity index (χ0v) is 14.9. The van der Waals surface area contributed by atoms with Crippen molar-refractivity contribution in [1.82, 2.24) is 4.90 Å². The van der Waals surface area contributed by atoms with Crippen molar-refractivity contribution in [3.63, 3.8) is 0 Å². The van der Waals surface area contributed by atoms with Gasteiger partial charge in [-0.3, -0.25) is 4.90 Å². The van der Waals surface area contributed by atoms with E-state index in [1.165, 1.54) is 77.0 Å². The molecule has 0 aliphatic heterocycles. The third-order valence-electron chi connectivity index (χ3n) is 4.39. The molecular formula is C19H39NO. The van der Waals surface area contributed by atoms with Gasteiger partial charge in [-0.25, -0.2) is 0 Å². The summed E-state index contributed by atoms with van der Waals surface area (Å²) >= 11 is 0. The summed E-state index contributed by atoms with van der Waals surface area (Å²) < 4.78 is 0. The third-order valence-corrected chi connectivity index (χ3v) is 4.39. The molecule has 0 bridgehead atoms. The molecule has 0 aromatic rings. The van der Waals surface area contributed by atoms with Crippen molar-refractivity contribution in [2.24, 2.45) is 5.92 Å². The van der Waals surface area contributed by atoms with Crippen molar-refractivity contribution in [3.8, 4) is 0 Å². The van der Waals surface area contributed by atoms with Gasteiger partial charge >= 0.3 is 0 Å². The van der Waals surface area contributed by atoms with Crippen molar-refractivity contribution in [1.29, 1.82) is 0 Å². The molecule has 0 aliphatic rings. The zero-order chi connectivity index (χ0) is 15.8. The molecule has 1 atom stereocenters. The molecule has 0 fully saturated rings. The van der Waals surface area contributed by atoms with Crippen LogP contribution in [-0.4, -0.2) is 31.3 Å². The minimum absolute atomic E-state index is 0.585. The third kappa shape index (κ3) is 14.3. The molecule has 0 rings (SSSR count). The van der Waals surface area contributed by atoms with E-state index in [0.717, 1.165) is 18.7 Å².